The molecule has 0 bridgehead atoms. The van der Waals surface area contributed by atoms with Crippen LogP contribution in [-0.2, 0) is 20.9 Å². The molecule has 0 saturated carbocycles. The summed E-state index contributed by atoms with van der Waals surface area (Å²) < 4.78 is 18.6. The lowest BCUT2D eigenvalue weighted by molar-refractivity contribution is -0.133. The van der Waals surface area contributed by atoms with Gasteiger partial charge < -0.3 is 24.2 Å². The Hall–Kier alpha value is -4.44. The van der Waals surface area contributed by atoms with E-state index < -0.39 is 8.07 Å². The maximum atomic E-state index is 14.3. The van der Waals surface area contributed by atoms with Crippen LogP contribution >= 0.6 is 0 Å². The van der Waals surface area contributed by atoms with Crippen LogP contribution < -0.4 is 19.6 Å². The fourth-order valence-corrected chi connectivity index (χ4v) is 10.3. The Balaban J connectivity index is 1.53. The third-order valence-corrected chi connectivity index (χ3v) is 13.9. The molecule has 0 aromatic heterocycles. The number of rotatable bonds is 14. The standard InChI is InChI=1S/C39H46N2O6Si/c1-28-38(46-3)34-24-31(41(27-43)30-14-10-7-11-15-30)16-21-35(34)47-39(28)36(48(4,5)33-19-17-32(45-2)18-20-33)25-37(44)40(22-23-42)26-29-12-8-6-9-13-29/h6-21,24,27-28,36,38-39,42H,22-23,25-26H2,1-5H3/t28-,36?,38-,39-/m1/s1. The quantitative estimate of drug-likeness (QED) is 0.123. The maximum Gasteiger partial charge on any atom is 0.223 e. The number of methoxy groups -OCH3 is 2. The summed E-state index contributed by atoms with van der Waals surface area (Å²) in [5.74, 6) is 1.31. The fourth-order valence-electron chi connectivity index (χ4n) is 6.92. The molecule has 2 amide bonds. The molecule has 1 N–H and O–H groups in total. The Kier molecular flexibility index (Phi) is 11.4. The van der Waals surface area contributed by atoms with E-state index in [1.54, 1.807) is 24.0 Å². The van der Waals surface area contributed by atoms with Gasteiger partial charge in [0.25, 0.3) is 0 Å². The molecule has 0 spiro atoms. The summed E-state index contributed by atoms with van der Waals surface area (Å²) >= 11 is 0. The second-order valence-electron chi connectivity index (χ2n) is 12.9. The molecule has 8 nitrogen and oxygen atoms in total. The molecule has 1 aliphatic rings. The third kappa shape index (κ3) is 7.49. The highest BCUT2D eigenvalue weighted by atomic mass is 28.3. The van der Waals surface area contributed by atoms with Crippen LogP contribution in [0.4, 0.5) is 11.4 Å². The minimum Gasteiger partial charge on any atom is -0.497 e. The van der Waals surface area contributed by atoms with Gasteiger partial charge in [-0.05, 0) is 48.0 Å². The van der Waals surface area contributed by atoms with Crippen LogP contribution in [0.1, 0.15) is 30.6 Å². The van der Waals surface area contributed by atoms with Crippen LogP contribution in [0.2, 0.25) is 18.6 Å². The normalized spacial score (nSPS) is 17.8. The van der Waals surface area contributed by atoms with Gasteiger partial charge >= 0.3 is 0 Å². The largest absolute Gasteiger partial charge is 0.497 e. The molecular formula is C39H46N2O6Si. The molecule has 48 heavy (non-hydrogen) atoms. The van der Waals surface area contributed by atoms with Gasteiger partial charge in [0.05, 0.1) is 27.9 Å². The zero-order valence-electron chi connectivity index (χ0n) is 28.4. The number of para-hydroxylation sites is 1. The molecule has 4 aromatic rings. The molecule has 1 heterocycles. The Morgan fingerprint density at radius 1 is 0.938 bits per heavy atom. The SMILES string of the molecule is COc1ccc([Si](C)(C)C(CC(=O)N(CCO)Cc2ccccc2)[C@@H]2Oc3ccc(N(C=O)c4ccccc4)cc3[C@H](OC)[C@H]2C)cc1. The number of hydrogen-bond donors (Lipinski definition) is 1. The van der Waals surface area contributed by atoms with Crippen molar-refractivity contribution in [1.82, 2.24) is 4.90 Å². The third-order valence-electron chi connectivity index (χ3n) is 9.72. The Morgan fingerprint density at radius 3 is 2.21 bits per heavy atom. The van der Waals surface area contributed by atoms with Crippen molar-refractivity contribution in [3.05, 3.63) is 114 Å². The molecule has 4 atom stereocenters. The van der Waals surface area contributed by atoms with Crippen LogP contribution in [0, 0.1) is 5.92 Å². The number of benzene rings is 4. The summed E-state index contributed by atoms with van der Waals surface area (Å²) in [4.78, 5) is 29.9. The summed E-state index contributed by atoms with van der Waals surface area (Å²) in [5.41, 5.74) is 3.20. The fraction of sp³-hybridized carbons (Fsp3) is 0.333. The van der Waals surface area contributed by atoms with Gasteiger partial charge in [-0.2, -0.15) is 0 Å². The summed E-state index contributed by atoms with van der Waals surface area (Å²) in [6.45, 7) is 7.24. The molecule has 0 radical (unpaired) electrons. The second-order valence-corrected chi connectivity index (χ2v) is 17.7. The molecular weight excluding hydrogens is 621 g/mol. The van der Waals surface area contributed by atoms with E-state index in [-0.39, 0.29) is 49.1 Å². The van der Waals surface area contributed by atoms with Crippen molar-refractivity contribution < 1.29 is 28.9 Å². The first-order valence-corrected chi connectivity index (χ1v) is 19.5. The van der Waals surface area contributed by atoms with Gasteiger partial charge in [0, 0.05) is 55.0 Å². The van der Waals surface area contributed by atoms with Crippen LogP contribution in [0.3, 0.4) is 0 Å². The van der Waals surface area contributed by atoms with Gasteiger partial charge in [0.15, 0.2) is 0 Å². The average molecular weight is 667 g/mol. The molecule has 252 valence electrons. The Morgan fingerprint density at radius 2 is 1.60 bits per heavy atom. The first-order valence-electron chi connectivity index (χ1n) is 16.4. The average Bonchev–Trinajstić information content (AvgIpc) is 3.11. The van der Waals surface area contributed by atoms with Crippen molar-refractivity contribution in [1.29, 1.82) is 0 Å². The monoisotopic (exact) mass is 666 g/mol. The molecule has 5 rings (SSSR count). The van der Waals surface area contributed by atoms with E-state index in [1.165, 1.54) is 5.19 Å². The highest BCUT2D eigenvalue weighted by Gasteiger charge is 2.48. The number of hydrogen-bond acceptors (Lipinski definition) is 6. The topological polar surface area (TPSA) is 88.5 Å². The van der Waals surface area contributed by atoms with E-state index >= 15 is 0 Å². The molecule has 1 aliphatic heterocycles. The van der Waals surface area contributed by atoms with Gasteiger partial charge in [-0.3, -0.25) is 14.5 Å². The number of carbonyl (C=O) groups is 2. The van der Waals surface area contributed by atoms with Crippen molar-refractivity contribution in [2.45, 2.75) is 50.7 Å². The second kappa shape index (κ2) is 15.6. The van der Waals surface area contributed by atoms with Crippen LogP contribution in [0.5, 0.6) is 11.5 Å². The lowest BCUT2D eigenvalue weighted by atomic mass is 9.86. The van der Waals surface area contributed by atoms with Gasteiger partial charge in [0.1, 0.15) is 17.6 Å². The number of aliphatic hydroxyl groups excluding tert-OH is 1. The zero-order valence-corrected chi connectivity index (χ0v) is 29.4. The number of amides is 2. The maximum absolute atomic E-state index is 14.3. The van der Waals surface area contributed by atoms with E-state index in [9.17, 15) is 14.7 Å². The first-order chi connectivity index (χ1) is 23.2. The number of anilines is 2. The predicted octanol–water partition coefficient (Wildman–Crippen LogP) is 6.47. The van der Waals surface area contributed by atoms with E-state index in [4.69, 9.17) is 14.2 Å². The number of aliphatic hydroxyl groups is 1. The predicted molar refractivity (Wildman–Crippen MR) is 192 cm³/mol. The van der Waals surface area contributed by atoms with Crippen LogP contribution in [0.25, 0.3) is 0 Å². The van der Waals surface area contributed by atoms with Gasteiger partial charge in [0.2, 0.25) is 12.3 Å². The molecule has 0 aliphatic carbocycles. The van der Waals surface area contributed by atoms with E-state index in [2.05, 4.69) is 32.2 Å². The summed E-state index contributed by atoms with van der Waals surface area (Å²) in [5, 5.41) is 11.1. The summed E-state index contributed by atoms with van der Waals surface area (Å²) in [7, 11) is 0.912. The Labute approximate surface area is 284 Å². The number of fused-ring (bicyclic) bond motifs is 1. The number of ether oxygens (including phenoxy) is 3. The highest BCUT2D eigenvalue weighted by molar-refractivity contribution is 6.91. The van der Waals surface area contributed by atoms with Gasteiger partial charge in [-0.1, -0.05) is 85.9 Å². The van der Waals surface area contributed by atoms with E-state index in [0.29, 0.717) is 18.0 Å². The van der Waals surface area contributed by atoms with Crippen LogP contribution in [-0.4, -0.2) is 63.9 Å². The van der Waals surface area contributed by atoms with Crippen LogP contribution in [0.15, 0.2) is 103 Å². The van der Waals surface area contributed by atoms with Crippen molar-refractivity contribution in [2.75, 3.05) is 32.3 Å². The lowest BCUT2D eigenvalue weighted by Crippen LogP contribution is -2.55. The minimum atomic E-state index is -2.44. The van der Waals surface area contributed by atoms with Crippen molar-refractivity contribution in [2.24, 2.45) is 5.92 Å². The van der Waals surface area contributed by atoms with E-state index in [1.807, 2.05) is 91.0 Å². The highest BCUT2D eigenvalue weighted by Crippen LogP contribution is 2.48. The number of carbonyl (C=O) groups excluding carboxylic acids is 2. The smallest absolute Gasteiger partial charge is 0.223 e. The first kappa shape index (κ1) is 34.9. The summed E-state index contributed by atoms with van der Waals surface area (Å²) in [6.07, 6.45) is 0.390. The molecule has 4 aromatic carbocycles. The van der Waals surface area contributed by atoms with Crippen molar-refractivity contribution >= 4 is 37.0 Å². The van der Waals surface area contributed by atoms with Crippen molar-refractivity contribution in [3.63, 3.8) is 0 Å². The zero-order chi connectivity index (χ0) is 34.3. The van der Waals surface area contributed by atoms with Gasteiger partial charge in [-0.25, -0.2) is 0 Å². The number of nitrogens with zero attached hydrogens (tertiary/aromatic N) is 2. The summed E-state index contributed by atoms with van der Waals surface area (Å²) in [6, 6.07) is 33.3. The lowest BCUT2D eigenvalue weighted by Gasteiger charge is -2.46. The van der Waals surface area contributed by atoms with Gasteiger partial charge in [-0.15, -0.1) is 0 Å². The minimum absolute atomic E-state index is 0.0256. The Bertz CT molecular complexity index is 1650. The molecule has 0 saturated heterocycles. The molecule has 9 heteroatoms. The molecule has 1 unspecified atom stereocenters. The van der Waals surface area contributed by atoms with E-state index in [0.717, 1.165) is 29.0 Å². The molecule has 0 fully saturated rings. The van der Waals surface area contributed by atoms with Crippen molar-refractivity contribution in [3.8, 4) is 11.5 Å².